The van der Waals surface area contributed by atoms with Crippen molar-refractivity contribution in [3.63, 3.8) is 0 Å². The minimum absolute atomic E-state index is 0.373. The number of pyridine rings is 1. The zero-order valence-electron chi connectivity index (χ0n) is 14.4. The SMILES string of the molecule is COC(=O)/C(C)=C/c1nn(Cc2ccc(OC)cc2)c2ncccc12. The second kappa shape index (κ2) is 7.17. The molecule has 0 fully saturated rings. The maximum Gasteiger partial charge on any atom is 0.333 e. The second-order valence-corrected chi connectivity index (χ2v) is 5.58. The van der Waals surface area contributed by atoms with Crippen LogP contribution in [0.3, 0.4) is 0 Å². The summed E-state index contributed by atoms with van der Waals surface area (Å²) in [7, 11) is 3.00. The summed E-state index contributed by atoms with van der Waals surface area (Å²) < 4.78 is 11.8. The summed E-state index contributed by atoms with van der Waals surface area (Å²) >= 11 is 0. The first-order valence-corrected chi connectivity index (χ1v) is 7.83. The number of carbonyl (C=O) groups excluding carboxylic acids is 1. The van der Waals surface area contributed by atoms with Gasteiger partial charge in [0.25, 0.3) is 0 Å². The van der Waals surface area contributed by atoms with Gasteiger partial charge in [-0.3, -0.25) is 0 Å². The topological polar surface area (TPSA) is 66.2 Å². The van der Waals surface area contributed by atoms with Crippen LogP contribution in [-0.4, -0.2) is 35.0 Å². The highest BCUT2D eigenvalue weighted by atomic mass is 16.5. The molecule has 0 aliphatic rings. The van der Waals surface area contributed by atoms with E-state index in [1.54, 1.807) is 26.3 Å². The van der Waals surface area contributed by atoms with E-state index in [1.165, 1.54) is 7.11 Å². The molecule has 6 heteroatoms. The first-order chi connectivity index (χ1) is 12.1. The van der Waals surface area contributed by atoms with Crippen LogP contribution in [0.25, 0.3) is 17.1 Å². The summed E-state index contributed by atoms with van der Waals surface area (Å²) in [6.45, 7) is 2.28. The lowest BCUT2D eigenvalue weighted by molar-refractivity contribution is -0.135. The maximum absolute atomic E-state index is 11.7. The minimum Gasteiger partial charge on any atom is -0.497 e. The Kier molecular flexibility index (Phi) is 4.79. The molecule has 3 rings (SSSR count). The molecule has 0 saturated carbocycles. The molecular formula is C19H19N3O3. The Morgan fingerprint density at radius 3 is 2.64 bits per heavy atom. The molecule has 1 aromatic carbocycles. The van der Waals surface area contributed by atoms with Gasteiger partial charge in [-0.1, -0.05) is 12.1 Å². The highest BCUT2D eigenvalue weighted by molar-refractivity contribution is 5.95. The van der Waals surface area contributed by atoms with E-state index in [0.29, 0.717) is 17.8 Å². The van der Waals surface area contributed by atoms with E-state index in [4.69, 9.17) is 9.47 Å². The van der Waals surface area contributed by atoms with Gasteiger partial charge in [-0.25, -0.2) is 14.5 Å². The first kappa shape index (κ1) is 16.7. The molecule has 0 radical (unpaired) electrons. The predicted octanol–water partition coefficient (Wildman–Crippen LogP) is 3.06. The van der Waals surface area contributed by atoms with Crippen molar-refractivity contribution in [2.75, 3.05) is 14.2 Å². The second-order valence-electron chi connectivity index (χ2n) is 5.58. The first-order valence-electron chi connectivity index (χ1n) is 7.83. The fourth-order valence-electron chi connectivity index (χ4n) is 2.58. The molecule has 2 heterocycles. The number of hydrogen-bond acceptors (Lipinski definition) is 5. The van der Waals surface area contributed by atoms with Crippen molar-refractivity contribution < 1.29 is 14.3 Å². The number of benzene rings is 1. The summed E-state index contributed by atoms with van der Waals surface area (Å²) in [5.41, 5.74) is 3.03. The lowest BCUT2D eigenvalue weighted by Gasteiger charge is -2.04. The van der Waals surface area contributed by atoms with Gasteiger partial charge in [-0.05, 0) is 42.8 Å². The molecule has 0 amide bonds. The summed E-state index contributed by atoms with van der Waals surface area (Å²) in [6.07, 6.45) is 3.45. The van der Waals surface area contributed by atoms with Crippen molar-refractivity contribution in [1.82, 2.24) is 14.8 Å². The molecule has 0 spiro atoms. The predicted molar refractivity (Wildman–Crippen MR) is 95.3 cm³/mol. The van der Waals surface area contributed by atoms with Crippen molar-refractivity contribution in [3.05, 3.63) is 59.4 Å². The van der Waals surface area contributed by atoms with E-state index in [2.05, 4.69) is 10.1 Å². The van der Waals surface area contributed by atoms with Gasteiger partial charge in [0.05, 0.1) is 26.5 Å². The van der Waals surface area contributed by atoms with E-state index >= 15 is 0 Å². The van der Waals surface area contributed by atoms with Crippen LogP contribution >= 0.6 is 0 Å². The van der Waals surface area contributed by atoms with Crippen molar-refractivity contribution in [3.8, 4) is 5.75 Å². The quantitative estimate of drug-likeness (QED) is 0.529. The average molecular weight is 337 g/mol. The Morgan fingerprint density at radius 1 is 1.20 bits per heavy atom. The molecule has 3 aromatic rings. The van der Waals surface area contributed by atoms with Gasteiger partial charge in [0.1, 0.15) is 5.75 Å². The van der Waals surface area contributed by atoms with E-state index in [9.17, 15) is 4.79 Å². The minimum atomic E-state index is -0.373. The molecule has 0 atom stereocenters. The Bertz CT molecular complexity index is 927. The molecule has 0 unspecified atom stereocenters. The highest BCUT2D eigenvalue weighted by Crippen LogP contribution is 2.21. The van der Waals surface area contributed by atoms with Gasteiger partial charge in [0.2, 0.25) is 0 Å². The number of fused-ring (bicyclic) bond motifs is 1. The van der Waals surface area contributed by atoms with Gasteiger partial charge in [0.15, 0.2) is 5.65 Å². The number of aromatic nitrogens is 3. The Labute approximate surface area is 145 Å². The highest BCUT2D eigenvalue weighted by Gasteiger charge is 2.12. The van der Waals surface area contributed by atoms with Crippen LogP contribution in [0.1, 0.15) is 18.2 Å². The normalized spacial score (nSPS) is 11.6. The molecule has 0 aliphatic carbocycles. The number of methoxy groups -OCH3 is 2. The van der Waals surface area contributed by atoms with Gasteiger partial charge in [-0.15, -0.1) is 0 Å². The van der Waals surface area contributed by atoms with E-state index in [0.717, 1.165) is 22.3 Å². The summed E-state index contributed by atoms with van der Waals surface area (Å²) in [5, 5.41) is 5.51. The monoisotopic (exact) mass is 337 g/mol. The molecule has 128 valence electrons. The Hall–Kier alpha value is -3.15. The fourth-order valence-corrected chi connectivity index (χ4v) is 2.58. The largest absolute Gasteiger partial charge is 0.497 e. The van der Waals surface area contributed by atoms with Crippen LogP contribution in [-0.2, 0) is 16.1 Å². The van der Waals surface area contributed by atoms with Crippen molar-refractivity contribution in [2.24, 2.45) is 0 Å². The molecule has 0 saturated heterocycles. The lowest BCUT2D eigenvalue weighted by atomic mass is 10.2. The van der Waals surface area contributed by atoms with Gasteiger partial charge in [0, 0.05) is 17.2 Å². The third-order valence-electron chi connectivity index (χ3n) is 3.89. The lowest BCUT2D eigenvalue weighted by Crippen LogP contribution is -2.03. The molecule has 0 aliphatic heterocycles. The van der Waals surface area contributed by atoms with Gasteiger partial charge < -0.3 is 9.47 Å². The molecule has 0 N–H and O–H groups in total. The standard InChI is InChI=1S/C19H19N3O3/c1-13(19(23)25-3)11-17-16-5-4-10-20-18(16)22(21-17)12-14-6-8-15(24-2)9-7-14/h4-11H,12H2,1-3H3/b13-11+. The van der Waals surface area contributed by atoms with Gasteiger partial charge >= 0.3 is 5.97 Å². The molecule has 6 nitrogen and oxygen atoms in total. The molecular weight excluding hydrogens is 318 g/mol. The zero-order valence-corrected chi connectivity index (χ0v) is 14.4. The Morgan fingerprint density at radius 2 is 1.96 bits per heavy atom. The van der Waals surface area contributed by atoms with Crippen molar-refractivity contribution >= 4 is 23.1 Å². The molecule has 2 aromatic heterocycles. The van der Waals surface area contributed by atoms with Crippen LogP contribution in [0.4, 0.5) is 0 Å². The van der Waals surface area contributed by atoms with E-state index in [-0.39, 0.29) is 5.97 Å². The number of carbonyl (C=O) groups is 1. The Balaban J connectivity index is 1.99. The van der Waals surface area contributed by atoms with Gasteiger partial charge in [-0.2, -0.15) is 5.10 Å². The number of esters is 1. The number of ether oxygens (including phenoxy) is 2. The smallest absolute Gasteiger partial charge is 0.333 e. The number of hydrogen-bond donors (Lipinski definition) is 0. The van der Waals surface area contributed by atoms with Crippen LogP contribution in [0.15, 0.2) is 48.2 Å². The van der Waals surface area contributed by atoms with E-state index in [1.807, 2.05) is 41.1 Å². The third kappa shape index (κ3) is 3.52. The average Bonchev–Trinajstić information content (AvgIpc) is 2.99. The molecule has 0 bridgehead atoms. The summed E-state index contributed by atoms with van der Waals surface area (Å²) in [5.74, 6) is 0.436. The summed E-state index contributed by atoms with van der Waals surface area (Å²) in [6, 6.07) is 11.6. The van der Waals surface area contributed by atoms with Crippen molar-refractivity contribution in [1.29, 1.82) is 0 Å². The third-order valence-corrected chi connectivity index (χ3v) is 3.89. The van der Waals surface area contributed by atoms with Crippen LogP contribution in [0.2, 0.25) is 0 Å². The fraction of sp³-hybridized carbons (Fsp3) is 0.211. The van der Waals surface area contributed by atoms with E-state index < -0.39 is 0 Å². The number of nitrogens with zero attached hydrogens (tertiary/aromatic N) is 3. The van der Waals surface area contributed by atoms with Crippen molar-refractivity contribution in [2.45, 2.75) is 13.5 Å². The molecule has 25 heavy (non-hydrogen) atoms. The van der Waals surface area contributed by atoms with Crippen LogP contribution in [0, 0.1) is 0 Å². The number of rotatable bonds is 5. The zero-order chi connectivity index (χ0) is 17.8. The summed E-state index contributed by atoms with van der Waals surface area (Å²) in [4.78, 5) is 16.1. The van der Waals surface area contributed by atoms with Crippen LogP contribution in [0.5, 0.6) is 5.75 Å². The van der Waals surface area contributed by atoms with Crippen LogP contribution < -0.4 is 4.74 Å². The maximum atomic E-state index is 11.7.